The minimum absolute atomic E-state index is 0.112. The summed E-state index contributed by atoms with van der Waals surface area (Å²) in [5.41, 5.74) is -1.45. The molecule has 0 saturated carbocycles. The maximum absolute atomic E-state index is 13.5. The molecule has 1 fully saturated rings. The molecule has 0 unspecified atom stereocenters. The molecule has 0 N–H and O–H groups in total. The predicted octanol–water partition coefficient (Wildman–Crippen LogP) is 2.90. The Kier molecular flexibility index (Phi) is 7.33. The first-order chi connectivity index (χ1) is 16.7. The Balaban J connectivity index is 1.92. The molecule has 0 bridgehead atoms. The molecule has 0 aliphatic carbocycles. The fourth-order valence-corrected chi connectivity index (χ4v) is 7.57. The summed E-state index contributed by atoms with van der Waals surface area (Å²) >= 11 is 0. The van der Waals surface area contributed by atoms with Gasteiger partial charge in [-0.2, -0.15) is 13.2 Å². The summed E-state index contributed by atoms with van der Waals surface area (Å²) in [6, 6.07) is 5.59. The smallest absolute Gasteiger partial charge is 0.297 e. The summed E-state index contributed by atoms with van der Waals surface area (Å²) < 4.78 is 113. The molecule has 37 heavy (non-hydrogen) atoms. The summed E-state index contributed by atoms with van der Waals surface area (Å²) in [6.45, 7) is 2.72. The third-order valence-electron chi connectivity index (χ3n) is 6.48. The van der Waals surface area contributed by atoms with Crippen LogP contribution in [0.25, 0.3) is 0 Å². The molecule has 2 aromatic rings. The van der Waals surface area contributed by atoms with Crippen LogP contribution >= 0.6 is 0 Å². The highest BCUT2D eigenvalue weighted by molar-refractivity contribution is 7.93. The van der Waals surface area contributed by atoms with Crippen molar-refractivity contribution in [3.05, 3.63) is 42.1 Å². The maximum Gasteiger partial charge on any atom is 0.419 e. The van der Waals surface area contributed by atoms with E-state index < -0.39 is 62.7 Å². The highest BCUT2D eigenvalue weighted by Crippen LogP contribution is 2.40. The Morgan fingerprint density at radius 3 is 2.05 bits per heavy atom. The van der Waals surface area contributed by atoms with Crippen LogP contribution in [0.3, 0.4) is 0 Å². The van der Waals surface area contributed by atoms with E-state index in [0.717, 1.165) is 17.2 Å². The van der Waals surface area contributed by atoms with Crippen molar-refractivity contribution in [2.24, 2.45) is 5.92 Å². The molecule has 9 nitrogen and oxygen atoms in total. The summed E-state index contributed by atoms with van der Waals surface area (Å²) in [4.78, 5) is 16.2. The largest absolute Gasteiger partial charge is 0.419 e. The second-order valence-corrected chi connectivity index (χ2v) is 15.9. The fraction of sp³-hybridized carbons (Fsp3) is 0.455. The molecule has 3 rings (SSSR count). The molecular weight excluding hydrogens is 557 g/mol. The van der Waals surface area contributed by atoms with Crippen LogP contribution in [0, 0.1) is 5.92 Å². The minimum atomic E-state index is -4.98. The van der Waals surface area contributed by atoms with E-state index >= 15 is 0 Å². The van der Waals surface area contributed by atoms with E-state index in [0.29, 0.717) is 18.5 Å². The van der Waals surface area contributed by atoms with Gasteiger partial charge in [0.1, 0.15) is 5.82 Å². The number of alkyl halides is 3. The lowest BCUT2D eigenvalue weighted by Gasteiger charge is -2.39. The number of nitrogens with zero attached hydrogens (tertiary/aromatic N) is 2. The zero-order chi connectivity index (χ0) is 28.2. The molecule has 204 valence electrons. The van der Waals surface area contributed by atoms with Crippen LogP contribution in [0.15, 0.2) is 51.2 Å². The lowest BCUT2D eigenvalue weighted by Crippen LogP contribution is -2.49. The Morgan fingerprint density at radius 1 is 0.946 bits per heavy atom. The zero-order valence-corrected chi connectivity index (χ0v) is 22.7. The Hall–Kier alpha value is -2.52. The van der Waals surface area contributed by atoms with Crippen molar-refractivity contribution in [3.63, 3.8) is 0 Å². The normalized spacial score (nSPS) is 18.2. The number of aromatic nitrogens is 1. The van der Waals surface area contributed by atoms with E-state index in [1.54, 1.807) is 0 Å². The van der Waals surface area contributed by atoms with Crippen LogP contribution in [0.4, 0.5) is 19.0 Å². The van der Waals surface area contributed by atoms with Crippen molar-refractivity contribution in [2.75, 3.05) is 24.0 Å². The van der Waals surface area contributed by atoms with E-state index in [-0.39, 0.29) is 35.0 Å². The summed E-state index contributed by atoms with van der Waals surface area (Å²) in [7, 11) is -12.1. The third kappa shape index (κ3) is 5.67. The molecule has 15 heteroatoms. The number of carbonyl (C=O) groups excluding carboxylic acids is 1. The van der Waals surface area contributed by atoms with Gasteiger partial charge < -0.3 is 0 Å². The number of hydrogen-bond acceptors (Lipinski definition) is 8. The van der Waals surface area contributed by atoms with Gasteiger partial charge in [-0.15, -0.1) is 0 Å². The predicted molar refractivity (Wildman–Crippen MR) is 128 cm³/mol. The number of carbonyl (C=O) groups is 1. The van der Waals surface area contributed by atoms with Gasteiger partial charge >= 0.3 is 6.18 Å². The van der Waals surface area contributed by atoms with Gasteiger partial charge in [0, 0.05) is 37.7 Å². The van der Waals surface area contributed by atoms with Gasteiger partial charge in [0.05, 0.1) is 25.0 Å². The number of rotatable bonds is 6. The number of piperidine rings is 1. The molecule has 1 aliphatic rings. The standard InChI is InChI=1S/C22H25F3N2O7S3/c1-21(2,37(33,34)16-7-5-6-15(11-16)35(3,29)30)14-8-9-27(20(28)10-14)19-12-18(36(4,31)32)17(13-26-19)22(23,24)25/h5-7,11-14H,8-10H2,1-4H3/t14-/m1/s1. The number of benzene rings is 1. The molecule has 1 amide bonds. The summed E-state index contributed by atoms with van der Waals surface area (Å²) in [5, 5.41) is 0. The monoisotopic (exact) mass is 582 g/mol. The van der Waals surface area contributed by atoms with E-state index in [4.69, 9.17) is 0 Å². The van der Waals surface area contributed by atoms with Crippen molar-refractivity contribution >= 4 is 41.2 Å². The second kappa shape index (κ2) is 9.34. The van der Waals surface area contributed by atoms with Crippen molar-refractivity contribution in [1.29, 1.82) is 0 Å². The number of amides is 1. The number of pyridine rings is 1. The van der Waals surface area contributed by atoms with E-state index in [1.165, 1.54) is 32.0 Å². The average molecular weight is 583 g/mol. The molecule has 1 saturated heterocycles. The van der Waals surface area contributed by atoms with Gasteiger partial charge in [-0.3, -0.25) is 9.69 Å². The highest BCUT2D eigenvalue weighted by atomic mass is 32.2. The van der Waals surface area contributed by atoms with E-state index in [9.17, 15) is 43.2 Å². The molecule has 0 spiro atoms. The third-order valence-corrected chi connectivity index (χ3v) is 11.3. The second-order valence-electron chi connectivity index (χ2n) is 9.40. The van der Waals surface area contributed by atoms with Gasteiger partial charge in [-0.05, 0) is 44.4 Å². The first kappa shape index (κ1) is 29.0. The Labute approximate surface area is 213 Å². The van der Waals surface area contributed by atoms with Crippen molar-refractivity contribution in [3.8, 4) is 0 Å². The van der Waals surface area contributed by atoms with E-state index in [2.05, 4.69) is 4.98 Å². The SMILES string of the molecule is CC(C)([C@@H]1CCN(c2cc(S(C)(=O)=O)c(C(F)(F)F)cn2)C(=O)C1)S(=O)(=O)c1cccc(S(C)(=O)=O)c1. The van der Waals surface area contributed by atoms with Crippen molar-refractivity contribution < 1.29 is 43.2 Å². The summed E-state index contributed by atoms with van der Waals surface area (Å²) in [5.74, 6) is -1.67. The van der Waals surface area contributed by atoms with Crippen LogP contribution in [0.5, 0.6) is 0 Å². The number of halogens is 3. The first-order valence-electron chi connectivity index (χ1n) is 10.8. The van der Waals surface area contributed by atoms with Crippen LogP contribution in [-0.2, 0) is 40.5 Å². The molecule has 0 radical (unpaired) electrons. The average Bonchev–Trinajstić information content (AvgIpc) is 2.76. The highest BCUT2D eigenvalue weighted by Gasteiger charge is 2.46. The quantitative estimate of drug-likeness (QED) is 0.507. The zero-order valence-electron chi connectivity index (χ0n) is 20.3. The minimum Gasteiger partial charge on any atom is -0.297 e. The topological polar surface area (TPSA) is 136 Å². The van der Waals surface area contributed by atoms with E-state index in [1.807, 2.05) is 0 Å². The summed E-state index contributed by atoms with van der Waals surface area (Å²) in [6.07, 6.45) is -3.26. The lowest BCUT2D eigenvalue weighted by molar-refractivity contribution is -0.140. The molecule has 1 atom stereocenters. The number of hydrogen-bond donors (Lipinski definition) is 0. The molecule has 2 heterocycles. The van der Waals surface area contributed by atoms with Crippen LogP contribution in [0.2, 0.25) is 0 Å². The van der Waals surface area contributed by atoms with Crippen LogP contribution in [0.1, 0.15) is 32.3 Å². The van der Waals surface area contributed by atoms with Crippen LogP contribution in [-0.4, -0.2) is 59.9 Å². The van der Waals surface area contributed by atoms with Gasteiger partial charge in [0.15, 0.2) is 29.5 Å². The first-order valence-corrected chi connectivity index (χ1v) is 16.1. The molecule has 1 aromatic carbocycles. The lowest BCUT2D eigenvalue weighted by atomic mass is 9.85. The van der Waals surface area contributed by atoms with Crippen molar-refractivity contribution in [2.45, 2.75) is 52.3 Å². The Morgan fingerprint density at radius 2 is 1.54 bits per heavy atom. The maximum atomic E-state index is 13.5. The molecule has 1 aliphatic heterocycles. The van der Waals surface area contributed by atoms with Gasteiger partial charge in [-0.25, -0.2) is 30.2 Å². The van der Waals surface area contributed by atoms with Crippen molar-refractivity contribution in [1.82, 2.24) is 4.98 Å². The van der Waals surface area contributed by atoms with Crippen LogP contribution < -0.4 is 4.90 Å². The van der Waals surface area contributed by atoms with Gasteiger partial charge in [0.25, 0.3) is 0 Å². The van der Waals surface area contributed by atoms with Gasteiger partial charge in [0.2, 0.25) is 5.91 Å². The molecular formula is C22H25F3N2O7S3. The van der Waals surface area contributed by atoms with Gasteiger partial charge in [-0.1, -0.05) is 6.07 Å². The number of sulfone groups is 3. The molecule has 1 aromatic heterocycles. The number of anilines is 1. The Bertz CT molecular complexity index is 1570. The fourth-order valence-electron chi connectivity index (χ4n) is 4.16.